The Morgan fingerprint density at radius 1 is 0.733 bits per heavy atom. The summed E-state index contributed by atoms with van der Waals surface area (Å²) in [6.45, 7) is 9.91. The number of amides is 2. The second-order valence-corrected chi connectivity index (χ2v) is 13.9. The standard InChI is InChI=1S/C37H43N3O4S/c1-27(2)24-38-37(42)35(23-31-12-8-6-9-13-31)39(25-32-18-16-28(3)17-19-32)36(41)26-40(33-21-29(4)20-30(5)22-33)45(43,44)34-14-10-7-11-15-34/h6-22,27,35H,23-26H2,1-5H3,(H,38,42)/t35-/m0/s1. The summed E-state index contributed by atoms with van der Waals surface area (Å²) in [6, 6.07) is 30.1. The Morgan fingerprint density at radius 3 is 1.89 bits per heavy atom. The van der Waals surface area contributed by atoms with E-state index in [0.29, 0.717) is 12.2 Å². The number of hydrogen-bond acceptors (Lipinski definition) is 4. The molecule has 0 bridgehead atoms. The van der Waals surface area contributed by atoms with E-state index in [9.17, 15) is 18.0 Å². The normalized spacial score (nSPS) is 12.0. The minimum absolute atomic E-state index is 0.0811. The number of rotatable bonds is 13. The van der Waals surface area contributed by atoms with E-state index in [1.165, 1.54) is 21.3 Å². The second kappa shape index (κ2) is 15.0. The van der Waals surface area contributed by atoms with Gasteiger partial charge in [0.05, 0.1) is 10.6 Å². The number of nitrogens with zero attached hydrogens (tertiary/aromatic N) is 2. The quantitative estimate of drug-likeness (QED) is 0.191. The Labute approximate surface area is 268 Å². The molecule has 0 saturated carbocycles. The fourth-order valence-electron chi connectivity index (χ4n) is 5.21. The molecule has 0 aliphatic rings. The van der Waals surface area contributed by atoms with Crippen molar-refractivity contribution >= 4 is 27.5 Å². The fraction of sp³-hybridized carbons (Fsp3) is 0.297. The smallest absolute Gasteiger partial charge is 0.264 e. The number of nitrogens with one attached hydrogen (secondary N) is 1. The molecule has 0 aliphatic heterocycles. The van der Waals surface area contributed by atoms with Crippen LogP contribution in [0.5, 0.6) is 0 Å². The molecule has 0 heterocycles. The van der Waals surface area contributed by atoms with E-state index in [1.807, 2.05) is 95.3 Å². The van der Waals surface area contributed by atoms with E-state index in [1.54, 1.807) is 30.3 Å². The zero-order chi connectivity index (χ0) is 32.6. The maximum atomic E-state index is 14.6. The summed E-state index contributed by atoms with van der Waals surface area (Å²) in [5.41, 5.74) is 4.94. The van der Waals surface area contributed by atoms with Crippen molar-refractivity contribution in [2.45, 2.75) is 58.5 Å². The van der Waals surface area contributed by atoms with Gasteiger partial charge in [-0.05, 0) is 73.2 Å². The first-order valence-electron chi connectivity index (χ1n) is 15.3. The molecule has 1 N–H and O–H groups in total. The molecule has 7 nitrogen and oxygen atoms in total. The highest BCUT2D eigenvalue weighted by Gasteiger charge is 2.34. The van der Waals surface area contributed by atoms with E-state index in [4.69, 9.17) is 0 Å². The van der Waals surface area contributed by atoms with Gasteiger partial charge in [0, 0.05) is 19.5 Å². The van der Waals surface area contributed by atoms with E-state index in [2.05, 4.69) is 5.32 Å². The molecule has 8 heteroatoms. The Morgan fingerprint density at radius 2 is 1.31 bits per heavy atom. The lowest BCUT2D eigenvalue weighted by Crippen LogP contribution is -2.53. The van der Waals surface area contributed by atoms with Crippen molar-refractivity contribution < 1.29 is 18.0 Å². The molecule has 0 aromatic heterocycles. The highest BCUT2D eigenvalue weighted by Crippen LogP contribution is 2.27. The first-order chi connectivity index (χ1) is 21.4. The number of aryl methyl sites for hydroxylation is 3. The van der Waals surface area contributed by atoms with Crippen LogP contribution < -0.4 is 9.62 Å². The van der Waals surface area contributed by atoms with Gasteiger partial charge in [-0.1, -0.05) is 98.3 Å². The van der Waals surface area contributed by atoms with E-state index in [0.717, 1.165) is 27.8 Å². The molecule has 4 rings (SSSR count). The molecule has 0 fully saturated rings. The highest BCUT2D eigenvalue weighted by molar-refractivity contribution is 7.92. The van der Waals surface area contributed by atoms with Gasteiger partial charge in [-0.2, -0.15) is 0 Å². The molecule has 0 unspecified atom stereocenters. The lowest BCUT2D eigenvalue weighted by atomic mass is 10.0. The van der Waals surface area contributed by atoms with Crippen LogP contribution in [0.2, 0.25) is 0 Å². The first-order valence-corrected chi connectivity index (χ1v) is 16.7. The third-order valence-corrected chi connectivity index (χ3v) is 9.32. The zero-order valence-electron chi connectivity index (χ0n) is 26.7. The van der Waals surface area contributed by atoms with Crippen LogP contribution in [0, 0.1) is 26.7 Å². The molecule has 0 aliphatic carbocycles. The summed E-state index contributed by atoms with van der Waals surface area (Å²) in [5.74, 6) is -0.546. The molecule has 0 spiro atoms. The third-order valence-electron chi connectivity index (χ3n) is 7.53. The van der Waals surface area contributed by atoms with Crippen LogP contribution >= 0.6 is 0 Å². The third kappa shape index (κ3) is 9.05. The number of carbonyl (C=O) groups is 2. The monoisotopic (exact) mass is 625 g/mol. The summed E-state index contributed by atoms with van der Waals surface area (Å²) >= 11 is 0. The molecular formula is C37H43N3O4S. The summed E-state index contributed by atoms with van der Waals surface area (Å²) in [4.78, 5) is 30.0. The van der Waals surface area contributed by atoms with E-state index in [-0.39, 0.29) is 29.7 Å². The molecule has 4 aromatic carbocycles. The van der Waals surface area contributed by atoms with Crippen molar-refractivity contribution in [3.8, 4) is 0 Å². The Kier molecular flexibility index (Phi) is 11.2. The minimum Gasteiger partial charge on any atom is -0.354 e. The van der Waals surface area contributed by atoms with Crippen molar-refractivity contribution in [2.75, 3.05) is 17.4 Å². The van der Waals surface area contributed by atoms with E-state index < -0.39 is 28.5 Å². The number of hydrogen-bond donors (Lipinski definition) is 1. The van der Waals surface area contributed by atoms with Gasteiger partial charge in [-0.15, -0.1) is 0 Å². The van der Waals surface area contributed by atoms with Crippen LogP contribution in [-0.4, -0.2) is 44.3 Å². The zero-order valence-corrected chi connectivity index (χ0v) is 27.6. The Balaban J connectivity index is 1.81. The van der Waals surface area contributed by atoms with Gasteiger partial charge < -0.3 is 10.2 Å². The van der Waals surface area contributed by atoms with Crippen LogP contribution in [0.4, 0.5) is 5.69 Å². The predicted octanol–water partition coefficient (Wildman–Crippen LogP) is 6.22. The summed E-state index contributed by atoms with van der Waals surface area (Å²) in [7, 11) is -4.14. The topological polar surface area (TPSA) is 86.8 Å². The molecular weight excluding hydrogens is 582 g/mol. The molecule has 236 valence electrons. The molecule has 0 radical (unpaired) electrons. The number of anilines is 1. The molecule has 2 amide bonds. The SMILES string of the molecule is Cc1ccc(CN(C(=O)CN(c2cc(C)cc(C)c2)S(=O)(=O)c2ccccc2)[C@@H](Cc2ccccc2)C(=O)NCC(C)C)cc1. The van der Waals surface area contributed by atoms with Gasteiger partial charge in [0.25, 0.3) is 10.0 Å². The maximum Gasteiger partial charge on any atom is 0.264 e. The van der Waals surface area contributed by atoms with Crippen LogP contribution in [-0.2, 0) is 32.6 Å². The molecule has 0 saturated heterocycles. The lowest BCUT2D eigenvalue weighted by Gasteiger charge is -2.34. The van der Waals surface area contributed by atoms with Gasteiger partial charge in [0.15, 0.2) is 0 Å². The van der Waals surface area contributed by atoms with Gasteiger partial charge in [-0.3, -0.25) is 13.9 Å². The van der Waals surface area contributed by atoms with Crippen molar-refractivity contribution in [2.24, 2.45) is 5.92 Å². The molecule has 1 atom stereocenters. The van der Waals surface area contributed by atoms with Crippen molar-refractivity contribution in [3.63, 3.8) is 0 Å². The average Bonchev–Trinajstić information content (AvgIpc) is 3.01. The van der Waals surface area contributed by atoms with Crippen LogP contribution in [0.1, 0.15) is 41.7 Å². The maximum absolute atomic E-state index is 14.6. The minimum atomic E-state index is -4.14. The first kappa shape index (κ1) is 33.5. The van der Waals surface area contributed by atoms with Gasteiger partial charge >= 0.3 is 0 Å². The summed E-state index contributed by atoms with van der Waals surface area (Å²) in [5, 5.41) is 3.02. The van der Waals surface area contributed by atoms with E-state index >= 15 is 0 Å². The summed E-state index contributed by atoms with van der Waals surface area (Å²) < 4.78 is 29.5. The molecule has 45 heavy (non-hydrogen) atoms. The highest BCUT2D eigenvalue weighted by atomic mass is 32.2. The number of sulfonamides is 1. The van der Waals surface area contributed by atoms with Crippen molar-refractivity contribution in [3.05, 3.63) is 131 Å². The number of carbonyl (C=O) groups excluding carboxylic acids is 2. The number of benzene rings is 4. The molecule has 4 aromatic rings. The van der Waals surface area contributed by atoms with Gasteiger partial charge in [-0.25, -0.2) is 8.42 Å². The average molecular weight is 626 g/mol. The Bertz CT molecular complexity index is 1670. The summed E-state index contributed by atoms with van der Waals surface area (Å²) in [6.07, 6.45) is 0.275. The van der Waals surface area contributed by atoms with Crippen LogP contribution in [0.25, 0.3) is 0 Å². The van der Waals surface area contributed by atoms with Gasteiger partial charge in [0.1, 0.15) is 12.6 Å². The van der Waals surface area contributed by atoms with Crippen LogP contribution in [0.3, 0.4) is 0 Å². The second-order valence-electron chi connectivity index (χ2n) is 12.0. The predicted molar refractivity (Wildman–Crippen MR) is 180 cm³/mol. The van der Waals surface area contributed by atoms with Gasteiger partial charge in [0.2, 0.25) is 11.8 Å². The van der Waals surface area contributed by atoms with Crippen molar-refractivity contribution in [1.29, 1.82) is 0 Å². The fourth-order valence-corrected chi connectivity index (χ4v) is 6.63. The Hall–Kier alpha value is -4.43. The van der Waals surface area contributed by atoms with Crippen molar-refractivity contribution in [1.82, 2.24) is 10.2 Å². The lowest BCUT2D eigenvalue weighted by molar-refractivity contribution is -0.140. The largest absolute Gasteiger partial charge is 0.354 e. The van der Waals surface area contributed by atoms with Crippen LogP contribution in [0.15, 0.2) is 108 Å².